The van der Waals surface area contributed by atoms with Crippen LogP contribution in [0.3, 0.4) is 0 Å². The van der Waals surface area contributed by atoms with Crippen molar-refractivity contribution in [1.82, 2.24) is 0 Å². The van der Waals surface area contributed by atoms with E-state index in [4.69, 9.17) is 0 Å². The Labute approximate surface area is 179 Å². The molecule has 29 heavy (non-hydrogen) atoms. The summed E-state index contributed by atoms with van der Waals surface area (Å²) < 4.78 is 0. The van der Waals surface area contributed by atoms with Crippen LogP contribution in [0.2, 0.25) is 0 Å². The van der Waals surface area contributed by atoms with Gasteiger partial charge in [0.25, 0.3) is 0 Å². The van der Waals surface area contributed by atoms with E-state index in [2.05, 4.69) is 19.1 Å². The van der Waals surface area contributed by atoms with E-state index in [9.17, 15) is 9.59 Å². The summed E-state index contributed by atoms with van der Waals surface area (Å²) in [4.78, 5) is 25.0. The topological polar surface area (TPSA) is 34.1 Å². The third-order valence-electron chi connectivity index (χ3n) is 5.81. The number of hydrogen-bond donors (Lipinski definition) is 0. The molecule has 0 aliphatic rings. The van der Waals surface area contributed by atoms with Gasteiger partial charge in [-0.2, -0.15) is 0 Å². The Morgan fingerprint density at radius 2 is 1.24 bits per heavy atom. The number of rotatable bonds is 19. The summed E-state index contributed by atoms with van der Waals surface area (Å²) in [6.45, 7) is 4.29. The van der Waals surface area contributed by atoms with Gasteiger partial charge in [-0.25, -0.2) is 0 Å². The summed E-state index contributed by atoms with van der Waals surface area (Å²) in [7, 11) is 0. The van der Waals surface area contributed by atoms with Crippen molar-refractivity contribution in [2.24, 2.45) is 5.92 Å². The normalized spacial score (nSPS) is 12.1. The SMILES string of the molecule is CCCCCCCCCCCCCC(=O)CC(Cc1ccccc1)C(=O)CCC. The largest absolute Gasteiger partial charge is 0.300 e. The van der Waals surface area contributed by atoms with Crippen molar-refractivity contribution in [3.8, 4) is 0 Å². The fourth-order valence-corrected chi connectivity index (χ4v) is 4.01. The zero-order chi connectivity index (χ0) is 21.2. The highest BCUT2D eigenvalue weighted by Gasteiger charge is 2.21. The first-order chi connectivity index (χ1) is 14.2. The quantitative estimate of drug-likeness (QED) is 0.221. The average Bonchev–Trinajstić information content (AvgIpc) is 2.72. The first-order valence-electron chi connectivity index (χ1n) is 12.3. The van der Waals surface area contributed by atoms with E-state index in [1.807, 2.05) is 25.1 Å². The number of carbonyl (C=O) groups is 2. The third kappa shape index (κ3) is 13.4. The van der Waals surface area contributed by atoms with E-state index < -0.39 is 0 Å². The second kappa shape index (κ2) is 17.4. The summed E-state index contributed by atoms with van der Waals surface area (Å²) >= 11 is 0. The van der Waals surface area contributed by atoms with Crippen LogP contribution in [0.15, 0.2) is 30.3 Å². The minimum Gasteiger partial charge on any atom is -0.300 e. The molecule has 1 atom stereocenters. The molecule has 2 nitrogen and oxygen atoms in total. The molecule has 0 amide bonds. The molecule has 0 aliphatic heterocycles. The van der Waals surface area contributed by atoms with Crippen LogP contribution in [0.4, 0.5) is 0 Å². The average molecular weight is 401 g/mol. The monoisotopic (exact) mass is 400 g/mol. The Balaban J connectivity index is 2.18. The van der Waals surface area contributed by atoms with Crippen molar-refractivity contribution in [2.45, 2.75) is 117 Å². The molecule has 2 heteroatoms. The zero-order valence-electron chi connectivity index (χ0n) is 19.1. The molecule has 0 heterocycles. The molecular formula is C27H44O2. The van der Waals surface area contributed by atoms with Gasteiger partial charge in [-0.15, -0.1) is 0 Å². The van der Waals surface area contributed by atoms with E-state index in [0.29, 0.717) is 25.7 Å². The van der Waals surface area contributed by atoms with Crippen molar-refractivity contribution >= 4 is 11.6 Å². The number of unbranched alkanes of at least 4 members (excludes halogenated alkanes) is 10. The first-order valence-corrected chi connectivity index (χ1v) is 12.3. The van der Waals surface area contributed by atoms with Crippen molar-refractivity contribution in [3.05, 3.63) is 35.9 Å². The second-order valence-corrected chi connectivity index (χ2v) is 8.63. The Morgan fingerprint density at radius 1 is 0.690 bits per heavy atom. The second-order valence-electron chi connectivity index (χ2n) is 8.63. The molecule has 0 spiro atoms. The van der Waals surface area contributed by atoms with Crippen LogP contribution in [-0.4, -0.2) is 11.6 Å². The maximum atomic E-state index is 12.5. The maximum Gasteiger partial charge on any atom is 0.136 e. The molecule has 1 aromatic rings. The predicted octanol–water partition coefficient (Wildman–Crippen LogP) is 7.87. The molecule has 0 saturated carbocycles. The van der Waals surface area contributed by atoms with E-state index >= 15 is 0 Å². The van der Waals surface area contributed by atoms with E-state index in [0.717, 1.165) is 24.8 Å². The van der Waals surface area contributed by atoms with Gasteiger partial charge in [0.15, 0.2) is 0 Å². The van der Waals surface area contributed by atoms with Crippen LogP contribution < -0.4 is 0 Å². The van der Waals surface area contributed by atoms with Crippen LogP contribution in [-0.2, 0) is 16.0 Å². The molecule has 0 bridgehead atoms. The lowest BCUT2D eigenvalue weighted by Gasteiger charge is -2.15. The van der Waals surface area contributed by atoms with Gasteiger partial charge in [0, 0.05) is 25.2 Å². The summed E-state index contributed by atoms with van der Waals surface area (Å²) in [5, 5.41) is 0. The molecule has 164 valence electrons. The third-order valence-corrected chi connectivity index (χ3v) is 5.81. The fourth-order valence-electron chi connectivity index (χ4n) is 4.01. The fraction of sp³-hybridized carbons (Fsp3) is 0.704. The van der Waals surface area contributed by atoms with Gasteiger partial charge in [-0.1, -0.05) is 108 Å². The number of hydrogen-bond acceptors (Lipinski definition) is 2. The van der Waals surface area contributed by atoms with Gasteiger partial charge in [-0.05, 0) is 24.8 Å². The van der Waals surface area contributed by atoms with Crippen LogP contribution >= 0.6 is 0 Å². The molecule has 0 aliphatic carbocycles. The Hall–Kier alpha value is -1.44. The van der Waals surface area contributed by atoms with Gasteiger partial charge in [-0.3, -0.25) is 9.59 Å². The highest BCUT2D eigenvalue weighted by atomic mass is 16.1. The number of Topliss-reactive ketones (excluding diaryl/α,β-unsaturated/α-hetero) is 2. The molecule has 1 unspecified atom stereocenters. The summed E-state index contributed by atoms with van der Waals surface area (Å²) in [6.07, 6.45) is 17.4. The van der Waals surface area contributed by atoms with Crippen LogP contribution in [0.5, 0.6) is 0 Å². The Kier molecular flexibility index (Phi) is 15.4. The summed E-state index contributed by atoms with van der Waals surface area (Å²) in [5.41, 5.74) is 1.16. The van der Waals surface area contributed by atoms with Crippen LogP contribution in [0.25, 0.3) is 0 Å². The zero-order valence-corrected chi connectivity index (χ0v) is 19.1. The predicted molar refractivity (Wildman–Crippen MR) is 124 cm³/mol. The molecule has 0 N–H and O–H groups in total. The van der Waals surface area contributed by atoms with E-state index in [-0.39, 0.29) is 17.5 Å². The molecule has 0 fully saturated rings. The minimum atomic E-state index is -0.141. The lowest BCUT2D eigenvalue weighted by molar-refractivity contribution is -0.128. The molecule has 1 aromatic carbocycles. The van der Waals surface area contributed by atoms with Crippen molar-refractivity contribution in [3.63, 3.8) is 0 Å². The number of benzene rings is 1. The van der Waals surface area contributed by atoms with Gasteiger partial charge in [0.1, 0.15) is 11.6 Å². The van der Waals surface area contributed by atoms with Gasteiger partial charge < -0.3 is 0 Å². The molecule has 0 aromatic heterocycles. The minimum absolute atomic E-state index is 0.141. The Bertz CT molecular complexity index is 535. The van der Waals surface area contributed by atoms with E-state index in [1.165, 1.54) is 57.8 Å². The highest BCUT2D eigenvalue weighted by Crippen LogP contribution is 2.19. The number of ketones is 2. The van der Waals surface area contributed by atoms with Gasteiger partial charge in [0.05, 0.1) is 0 Å². The van der Waals surface area contributed by atoms with Crippen LogP contribution in [0, 0.1) is 5.92 Å². The van der Waals surface area contributed by atoms with Crippen molar-refractivity contribution in [2.75, 3.05) is 0 Å². The number of carbonyl (C=O) groups excluding carboxylic acids is 2. The molecule has 0 radical (unpaired) electrons. The van der Waals surface area contributed by atoms with Gasteiger partial charge >= 0.3 is 0 Å². The van der Waals surface area contributed by atoms with Crippen LogP contribution in [0.1, 0.15) is 116 Å². The smallest absolute Gasteiger partial charge is 0.136 e. The molecular weight excluding hydrogens is 356 g/mol. The van der Waals surface area contributed by atoms with E-state index in [1.54, 1.807) is 0 Å². The van der Waals surface area contributed by atoms with Crippen molar-refractivity contribution < 1.29 is 9.59 Å². The summed E-state index contributed by atoms with van der Waals surface area (Å²) in [5.74, 6) is 0.382. The molecule has 1 rings (SSSR count). The first kappa shape index (κ1) is 25.6. The maximum absolute atomic E-state index is 12.5. The van der Waals surface area contributed by atoms with Gasteiger partial charge in [0.2, 0.25) is 0 Å². The lowest BCUT2D eigenvalue weighted by Crippen LogP contribution is -2.20. The highest BCUT2D eigenvalue weighted by molar-refractivity contribution is 5.88. The lowest BCUT2D eigenvalue weighted by atomic mass is 9.87. The standard InChI is InChI=1S/C27H44O2/c1-3-5-6-7-8-9-10-11-12-13-17-21-26(28)23-25(27(29)18-4-2)22-24-19-15-14-16-20-24/h14-16,19-20,25H,3-13,17-18,21-23H2,1-2H3. The molecule has 0 saturated heterocycles. The Morgan fingerprint density at radius 3 is 1.79 bits per heavy atom. The summed E-state index contributed by atoms with van der Waals surface area (Å²) in [6, 6.07) is 10.1. The van der Waals surface area contributed by atoms with Crippen molar-refractivity contribution in [1.29, 1.82) is 0 Å².